The van der Waals surface area contributed by atoms with Crippen molar-refractivity contribution in [3.8, 4) is 6.07 Å². The first-order chi connectivity index (χ1) is 13.1. The number of hydrogen-bond acceptors (Lipinski definition) is 5. The van der Waals surface area contributed by atoms with Crippen molar-refractivity contribution in [2.24, 2.45) is 5.73 Å². The average Bonchev–Trinajstić information content (AvgIpc) is 2.97. The third kappa shape index (κ3) is 3.14. The highest BCUT2D eigenvalue weighted by Gasteiger charge is 2.32. The van der Waals surface area contributed by atoms with Gasteiger partial charge in [-0.3, -0.25) is 0 Å². The van der Waals surface area contributed by atoms with Crippen molar-refractivity contribution < 1.29 is 4.39 Å². The van der Waals surface area contributed by atoms with E-state index in [1.54, 1.807) is 12.1 Å². The second kappa shape index (κ2) is 6.99. The highest BCUT2D eigenvalue weighted by molar-refractivity contribution is 7.73. The molecule has 0 spiro atoms. The van der Waals surface area contributed by atoms with Crippen molar-refractivity contribution in [2.45, 2.75) is 12.5 Å². The van der Waals surface area contributed by atoms with Gasteiger partial charge < -0.3 is 15.6 Å². The van der Waals surface area contributed by atoms with E-state index in [-0.39, 0.29) is 11.7 Å². The summed E-state index contributed by atoms with van der Waals surface area (Å²) in [5.74, 6) is 0.404. The lowest BCUT2D eigenvalue weighted by atomic mass is 9.88. The van der Waals surface area contributed by atoms with Gasteiger partial charge in [0.2, 0.25) is 0 Å². The van der Waals surface area contributed by atoms with Gasteiger partial charge in [0.25, 0.3) is 0 Å². The average molecular weight is 395 g/mol. The quantitative estimate of drug-likeness (QED) is 0.631. The Morgan fingerprint density at radius 1 is 1.19 bits per heavy atom. The maximum Gasteiger partial charge on any atom is 0.163 e. The molecule has 2 heterocycles. The van der Waals surface area contributed by atoms with Crippen LogP contribution in [-0.4, -0.2) is 4.57 Å². The molecule has 0 saturated carbocycles. The second-order valence-electron chi connectivity index (χ2n) is 6.20. The van der Waals surface area contributed by atoms with Crippen molar-refractivity contribution in [2.75, 3.05) is 5.32 Å². The zero-order valence-corrected chi connectivity index (χ0v) is 15.8. The van der Waals surface area contributed by atoms with Crippen LogP contribution in [0.25, 0.3) is 0 Å². The highest BCUT2D eigenvalue weighted by atomic mass is 32.1. The molecular formula is C20H15FN4S2. The number of fused-ring (bicyclic) bond motifs is 1. The topological polar surface area (TPSA) is 66.8 Å². The zero-order valence-electron chi connectivity index (χ0n) is 14.1. The van der Waals surface area contributed by atoms with Gasteiger partial charge in [0.05, 0.1) is 29.0 Å². The summed E-state index contributed by atoms with van der Waals surface area (Å²) in [6.07, 6.45) is 0. The number of thiazole rings is 1. The fourth-order valence-electron chi connectivity index (χ4n) is 3.24. The molecule has 1 aromatic heterocycles. The van der Waals surface area contributed by atoms with Crippen molar-refractivity contribution in [3.63, 3.8) is 0 Å². The molecule has 4 rings (SSSR count). The largest absolute Gasteiger partial charge is 0.384 e. The van der Waals surface area contributed by atoms with E-state index in [1.807, 2.05) is 34.9 Å². The van der Waals surface area contributed by atoms with E-state index < -0.39 is 0 Å². The standard InChI is InChI=1S/C20H15FN4S2/c21-14-8-6-13(7-9-14)16-15(10-22)18(23)24-19-17(16)27-20(26)25(19)11-12-4-2-1-3-5-12/h1-9,16,24H,11,23H2. The third-order valence-corrected chi connectivity index (χ3v) is 6.04. The summed E-state index contributed by atoms with van der Waals surface area (Å²) in [5.41, 5.74) is 8.50. The minimum Gasteiger partial charge on any atom is -0.384 e. The summed E-state index contributed by atoms with van der Waals surface area (Å²) < 4.78 is 16.1. The van der Waals surface area contributed by atoms with Gasteiger partial charge in [0, 0.05) is 0 Å². The van der Waals surface area contributed by atoms with Crippen LogP contribution in [0.15, 0.2) is 66.0 Å². The Hall–Kier alpha value is -2.95. The van der Waals surface area contributed by atoms with Crippen LogP contribution in [0.4, 0.5) is 10.2 Å². The lowest BCUT2D eigenvalue weighted by Crippen LogP contribution is -2.24. The number of hydrogen-bond donors (Lipinski definition) is 2. The van der Waals surface area contributed by atoms with E-state index in [0.29, 0.717) is 21.9 Å². The van der Waals surface area contributed by atoms with Crippen LogP contribution in [-0.2, 0) is 6.54 Å². The first-order valence-electron chi connectivity index (χ1n) is 8.28. The van der Waals surface area contributed by atoms with Crippen LogP contribution in [0.5, 0.6) is 0 Å². The SMILES string of the molecule is N#CC1=C(N)Nc2c(sc(=S)n2Cc2ccccc2)C1c1ccc(F)cc1. The molecule has 3 aromatic rings. The molecule has 0 radical (unpaired) electrons. The van der Waals surface area contributed by atoms with Gasteiger partial charge in [-0.25, -0.2) is 4.39 Å². The smallest absolute Gasteiger partial charge is 0.163 e. The molecule has 3 N–H and O–H groups in total. The monoisotopic (exact) mass is 394 g/mol. The Balaban J connectivity index is 1.85. The lowest BCUT2D eigenvalue weighted by Gasteiger charge is -2.25. The van der Waals surface area contributed by atoms with Gasteiger partial charge in [0.15, 0.2) is 3.95 Å². The summed E-state index contributed by atoms with van der Waals surface area (Å²) in [6.45, 7) is 0.601. The lowest BCUT2D eigenvalue weighted by molar-refractivity contribution is 0.627. The highest BCUT2D eigenvalue weighted by Crippen LogP contribution is 2.44. The molecule has 0 saturated heterocycles. The molecule has 0 fully saturated rings. The number of rotatable bonds is 3. The van der Waals surface area contributed by atoms with Crippen LogP contribution in [0.1, 0.15) is 21.9 Å². The fraction of sp³-hybridized carbons (Fsp3) is 0.100. The van der Waals surface area contributed by atoms with Gasteiger partial charge in [-0.1, -0.05) is 42.5 Å². The van der Waals surface area contributed by atoms with E-state index in [4.69, 9.17) is 18.0 Å². The Labute approximate surface area is 165 Å². The molecular weight excluding hydrogens is 379 g/mol. The van der Waals surface area contributed by atoms with Gasteiger partial charge in [-0.2, -0.15) is 5.26 Å². The number of nitrogens with two attached hydrogens (primary N) is 1. The predicted molar refractivity (Wildman–Crippen MR) is 107 cm³/mol. The fourth-order valence-corrected chi connectivity index (χ4v) is 4.74. The molecule has 4 nitrogen and oxygen atoms in total. The molecule has 134 valence electrons. The van der Waals surface area contributed by atoms with Crippen LogP contribution < -0.4 is 11.1 Å². The van der Waals surface area contributed by atoms with E-state index in [2.05, 4.69) is 11.4 Å². The van der Waals surface area contributed by atoms with Gasteiger partial charge in [-0.15, -0.1) is 11.3 Å². The Morgan fingerprint density at radius 2 is 1.89 bits per heavy atom. The van der Waals surface area contributed by atoms with Crippen LogP contribution in [0.2, 0.25) is 0 Å². The first kappa shape index (κ1) is 17.5. The summed E-state index contributed by atoms with van der Waals surface area (Å²) in [7, 11) is 0. The molecule has 0 bridgehead atoms. The van der Waals surface area contributed by atoms with Crippen LogP contribution in [0, 0.1) is 21.1 Å². The predicted octanol–water partition coefficient (Wildman–Crippen LogP) is 4.72. The minimum absolute atomic E-state index is 0.300. The van der Waals surface area contributed by atoms with Crippen molar-refractivity contribution in [1.82, 2.24) is 4.57 Å². The number of allylic oxidation sites excluding steroid dienone is 1. The number of nitriles is 1. The molecule has 1 aliphatic rings. The van der Waals surface area contributed by atoms with Crippen LogP contribution in [0.3, 0.4) is 0 Å². The summed E-state index contributed by atoms with van der Waals surface area (Å²) in [6, 6.07) is 18.3. The third-order valence-electron chi connectivity index (χ3n) is 4.52. The zero-order chi connectivity index (χ0) is 19.0. The minimum atomic E-state index is -0.365. The Morgan fingerprint density at radius 3 is 2.56 bits per heavy atom. The number of aromatic nitrogens is 1. The number of benzene rings is 2. The number of nitrogens with zero attached hydrogens (tertiary/aromatic N) is 2. The normalized spacial score (nSPS) is 15.8. The summed E-state index contributed by atoms with van der Waals surface area (Å²) >= 11 is 7.04. The molecule has 1 unspecified atom stereocenters. The molecule has 27 heavy (non-hydrogen) atoms. The van der Waals surface area contributed by atoms with Gasteiger partial charge in [-0.05, 0) is 35.5 Å². The second-order valence-corrected chi connectivity index (χ2v) is 7.88. The van der Waals surface area contributed by atoms with Crippen molar-refractivity contribution in [1.29, 1.82) is 5.26 Å². The molecule has 7 heteroatoms. The van der Waals surface area contributed by atoms with Crippen LogP contribution >= 0.6 is 23.6 Å². The Kier molecular flexibility index (Phi) is 4.52. The molecule has 1 atom stereocenters. The molecule has 1 aliphatic heterocycles. The number of anilines is 1. The molecule has 0 amide bonds. The van der Waals surface area contributed by atoms with E-state index in [9.17, 15) is 9.65 Å². The van der Waals surface area contributed by atoms with Gasteiger partial charge in [0.1, 0.15) is 17.5 Å². The number of halogens is 1. The van der Waals surface area contributed by atoms with E-state index >= 15 is 0 Å². The van der Waals surface area contributed by atoms with Gasteiger partial charge >= 0.3 is 0 Å². The molecule has 2 aromatic carbocycles. The van der Waals surface area contributed by atoms with E-state index in [1.165, 1.54) is 23.5 Å². The van der Waals surface area contributed by atoms with E-state index in [0.717, 1.165) is 21.8 Å². The summed E-state index contributed by atoms with van der Waals surface area (Å²) in [4.78, 5) is 0.910. The summed E-state index contributed by atoms with van der Waals surface area (Å²) in [5, 5.41) is 12.8. The molecule has 0 aliphatic carbocycles. The van der Waals surface area contributed by atoms with Crippen molar-refractivity contribution in [3.05, 3.63) is 91.8 Å². The maximum atomic E-state index is 13.4. The first-order valence-corrected chi connectivity index (χ1v) is 9.50. The maximum absolute atomic E-state index is 13.4. The Bertz CT molecular complexity index is 1120. The van der Waals surface area contributed by atoms with Crippen molar-refractivity contribution >= 4 is 29.4 Å². The number of nitrogens with one attached hydrogen (secondary N) is 1.